The first kappa shape index (κ1) is 12.4. The summed E-state index contributed by atoms with van der Waals surface area (Å²) in [5.74, 6) is 0.363. The number of rotatable bonds is 6. The first-order valence-electron chi connectivity index (χ1n) is 5.37. The van der Waals surface area contributed by atoms with E-state index in [0.717, 1.165) is 6.42 Å². The highest BCUT2D eigenvalue weighted by atomic mass is 16.5. The SMILES string of the molecule is CCCOC(=O)CCOc1ccccc1N. The normalized spacial score (nSPS) is 9.81. The molecule has 0 aliphatic heterocycles. The Morgan fingerprint density at radius 2 is 2.06 bits per heavy atom. The van der Waals surface area contributed by atoms with E-state index in [1.165, 1.54) is 0 Å². The van der Waals surface area contributed by atoms with Gasteiger partial charge in [-0.05, 0) is 18.6 Å². The predicted octanol–water partition coefficient (Wildman–Crippen LogP) is 1.99. The minimum Gasteiger partial charge on any atom is -0.491 e. The molecular weight excluding hydrogens is 206 g/mol. The van der Waals surface area contributed by atoms with Crippen molar-refractivity contribution in [2.45, 2.75) is 19.8 Å². The highest BCUT2D eigenvalue weighted by Gasteiger charge is 2.03. The topological polar surface area (TPSA) is 61.5 Å². The number of hydrogen-bond donors (Lipinski definition) is 1. The largest absolute Gasteiger partial charge is 0.491 e. The molecule has 0 saturated carbocycles. The Hall–Kier alpha value is -1.71. The van der Waals surface area contributed by atoms with Crippen LogP contribution >= 0.6 is 0 Å². The predicted molar refractivity (Wildman–Crippen MR) is 62.2 cm³/mol. The van der Waals surface area contributed by atoms with Crippen molar-refractivity contribution >= 4 is 11.7 Å². The van der Waals surface area contributed by atoms with Crippen molar-refractivity contribution < 1.29 is 14.3 Å². The van der Waals surface area contributed by atoms with E-state index in [1.54, 1.807) is 12.1 Å². The van der Waals surface area contributed by atoms with Crippen LogP contribution in [0.5, 0.6) is 5.75 Å². The fourth-order valence-electron chi connectivity index (χ4n) is 1.14. The third-order valence-corrected chi connectivity index (χ3v) is 1.95. The maximum Gasteiger partial charge on any atom is 0.309 e. The molecule has 0 aliphatic carbocycles. The summed E-state index contributed by atoms with van der Waals surface area (Å²) in [4.78, 5) is 11.1. The Kier molecular flexibility index (Phi) is 5.19. The van der Waals surface area contributed by atoms with Crippen LogP contribution in [0.2, 0.25) is 0 Å². The molecule has 0 spiro atoms. The number of ether oxygens (including phenoxy) is 2. The lowest BCUT2D eigenvalue weighted by Gasteiger charge is -2.08. The third kappa shape index (κ3) is 4.21. The molecule has 0 radical (unpaired) electrons. The maximum absolute atomic E-state index is 11.1. The molecule has 88 valence electrons. The molecule has 0 fully saturated rings. The fraction of sp³-hybridized carbons (Fsp3) is 0.417. The number of carbonyl (C=O) groups is 1. The maximum atomic E-state index is 11.1. The van der Waals surface area contributed by atoms with Crippen LogP contribution in [0.1, 0.15) is 19.8 Å². The molecule has 0 atom stereocenters. The van der Waals surface area contributed by atoms with E-state index in [4.69, 9.17) is 15.2 Å². The van der Waals surface area contributed by atoms with E-state index in [0.29, 0.717) is 18.0 Å². The van der Waals surface area contributed by atoms with Crippen LogP contribution < -0.4 is 10.5 Å². The summed E-state index contributed by atoms with van der Waals surface area (Å²) in [5, 5.41) is 0. The van der Waals surface area contributed by atoms with Crippen LogP contribution in [0.15, 0.2) is 24.3 Å². The van der Waals surface area contributed by atoms with E-state index >= 15 is 0 Å². The van der Waals surface area contributed by atoms with Crippen molar-refractivity contribution in [1.82, 2.24) is 0 Å². The molecule has 0 bridgehead atoms. The van der Waals surface area contributed by atoms with Crippen molar-refractivity contribution in [2.24, 2.45) is 0 Å². The standard InChI is InChI=1S/C12H17NO3/c1-2-8-16-12(14)7-9-15-11-6-4-3-5-10(11)13/h3-6H,2,7-9,13H2,1H3. The van der Waals surface area contributed by atoms with E-state index in [-0.39, 0.29) is 19.0 Å². The molecule has 0 aromatic heterocycles. The molecule has 0 aliphatic rings. The van der Waals surface area contributed by atoms with Crippen LogP contribution in [-0.2, 0) is 9.53 Å². The number of nitrogen functional groups attached to an aromatic ring is 1. The Labute approximate surface area is 95.3 Å². The van der Waals surface area contributed by atoms with Gasteiger partial charge in [0.15, 0.2) is 0 Å². The summed E-state index contributed by atoms with van der Waals surface area (Å²) in [6.45, 7) is 2.71. The van der Waals surface area contributed by atoms with Gasteiger partial charge in [0.2, 0.25) is 0 Å². The molecule has 0 saturated heterocycles. The van der Waals surface area contributed by atoms with Gasteiger partial charge in [-0.25, -0.2) is 0 Å². The van der Waals surface area contributed by atoms with Crippen LogP contribution in [-0.4, -0.2) is 19.2 Å². The monoisotopic (exact) mass is 223 g/mol. The number of hydrogen-bond acceptors (Lipinski definition) is 4. The Bertz CT molecular complexity index is 339. The lowest BCUT2D eigenvalue weighted by Crippen LogP contribution is -2.10. The minimum atomic E-state index is -0.239. The molecule has 1 aromatic rings. The highest BCUT2D eigenvalue weighted by Crippen LogP contribution is 2.19. The lowest BCUT2D eigenvalue weighted by molar-refractivity contribution is -0.144. The number of esters is 1. The van der Waals surface area contributed by atoms with Crippen LogP contribution in [0.3, 0.4) is 0 Å². The number of para-hydroxylation sites is 2. The van der Waals surface area contributed by atoms with E-state index in [9.17, 15) is 4.79 Å². The average Bonchev–Trinajstić information content (AvgIpc) is 2.29. The summed E-state index contributed by atoms with van der Waals surface area (Å²) >= 11 is 0. The van der Waals surface area contributed by atoms with Gasteiger partial charge in [0.1, 0.15) is 5.75 Å². The zero-order valence-electron chi connectivity index (χ0n) is 9.44. The molecule has 4 nitrogen and oxygen atoms in total. The van der Waals surface area contributed by atoms with Gasteiger partial charge in [0, 0.05) is 0 Å². The number of benzene rings is 1. The van der Waals surface area contributed by atoms with Gasteiger partial charge in [0.05, 0.1) is 25.3 Å². The molecule has 1 aromatic carbocycles. The lowest BCUT2D eigenvalue weighted by atomic mass is 10.3. The van der Waals surface area contributed by atoms with Gasteiger partial charge in [-0.3, -0.25) is 4.79 Å². The molecule has 0 amide bonds. The summed E-state index contributed by atoms with van der Waals surface area (Å²) in [7, 11) is 0. The second kappa shape index (κ2) is 6.71. The zero-order valence-corrected chi connectivity index (χ0v) is 9.44. The van der Waals surface area contributed by atoms with Crippen molar-refractivity contribution in [3.63, 3.8) is 0 Å². The van der Waals surface area contributed by atoms with Crippen molar-refractivity contribution in [1.29, 1.82) is 0 Å². The number of nitrogens with two attached hydrogens (primary N) is 1. The number of anilines is 1. The van der Waals surface area contributed by atoms with Gasteiger partial charge in [0.25, 0.3) is 0 Å². The van der Waals surface area contributed by atoms with Gasteiger partial charge in [-0.1, -0.05) is 19.1 Å². The van der Waals surface area contributed by atoms with Crippen molar-refractivity contribution in [2.75, 3.05) is 18.9 Å². The Balaban J connectivity index is 2.25. The molecular formula is C12H17NO3. The second-order valence-corrected chi connectivity index (χ2v) is 3.36. The van der Waals surface area contributed by atoms with Crippen LogP contribution in [0.25, 0.3) is 0 Å². The smallest absolute Gasteiger partial charge is 0.309 e. The van der Waals surface area contributed by atoms with Crippen molar-refractivity contribution in [3.05, 3.63) is 24.3 Å². The van der Waals surface area contributed by atoms with E-state index < -0.39 is 0 Å². The van der Waals surface area contributed by atoms with Crippen molar-refractivity contribution in [3.8, 4) is 5.75 Å². The second-order valence-electron chi connectivity index (χ2n) is 3.36. The fourth-order valence-corrected chi connectivity index (χ4v) is 1.14. The molecule has 0 unspecified atom stereocenters. The molecule has 16 heavy (non-hydrogen) atoms. The zero-order chi connectivity index (χ0) is 11.8. The van der Waals surface area contributed by atoms with Gasteiger partial charge in [-0.2, -0.15) is 0 Å². The molecule has 4 heteroatoms. The third-order valence-electron chi connectivity index (χ3n) is 1.95. The first-order chi connectivity index (χ1) is 7.74. The van der Waals surface area contributed by atoms with Gasteiger partial charge >= 0.3 is 5.97 Å². The van der Waals surface area contributed by atoms with Gasteiger partial charge in [-0.15, -0.1) is 0 Å². The summed E-state index contributed by atoms with van der Waals surface area (Å²) in [6, 6.07) is 7.19. The van der Waals surface area contributed by atoms with Crippen LogP contribution in [0, 0.1) is 0 Å². The molecule has 0 heterocycles. The first-order valence-corrected chi connectivity index (χ1v) is 5.37. The quantitative estimate of drug-likeness (QED) is 0.591. The average molecular weight is 223 g/mol. The Morgan fingerprint density at radius 1 is 1.31 bits per heavy atom. The summed E-state index contributed by atoms with van der Waals surface area (Å²) < 4.78 is 10.3. The molecule has 2 N–H and O–H groups in total. The molecule has 1 rings (SSSR count). The Morgan fingerprint density at radius 3 is 2.75 bits per heavy atom. The van der Waals surface area contributed by atoms with E-state index in [2.05, 4.69) is 0 Å². The summed E-state index contributed by atoms with van der Waals surface area (Å²) in [5.41, 5.74) is 6.25. The summed E-state index contributed by atoms with van der Waals surface area (Å²) in [6.07, 6.45) is 1.08. The number of carbonyl (C=O) groups excluding carboxylic acids is 1. The highest BCUT2D eigenvalue weighted by molar-refractivity contribution is 5.69. The van der Waals surface area contributed by atoms with Crippen LogP contribution in [0.4, 0.5) is 5.69 Å². The van der Waals surface area contributed by atoms with Gasteiger partial charge < -0.3 is 15.2 Å². The minimum absolute atomic E-state index is 0.239. The van der Waals surface area contributed by atoms with E-state index in [1.807, 2.05) is 19.1 Å².